The third kappa shape index (κ3) is 6.73. The van der Waals surface area contributed by atoms with Crippen molar-refractivity contribution < 1.29 is 0 Å². The molecule has 4 N–H and O–H groups in total. The number of nitrogen functional groups attached to an aromatic ring is 1. The van der Waals surface area contributed by atoms with E-state index >= 15 is 0 Å². The summed E-state index contributed by atoms with van der Waals surface area (Å²) in [4.78, 5) is 19.2. The number of aromatic nitrogens is 4. The molecule has 0 saturated heterocycles. The Bertz CT molecular complexity index is 3180. The number of nitrogens with two attached hydrogens (primary N) is 1. The zero-order valence-corrected chi connectivity index (χ0v) is 37.6. The van der Waals surface area contributed by atoms with Crippen LogP contribution in [0.4, 0.5) is 5.69 Å². The molecular formula is C56H55N5. The van der Waals surface area contributed by atoms with Gasteiger partial charge in [-0.15, -0.1) is 0 Å². The van der Waals surface area contributed by atoms with Crippen LogP contribution in [0.1, 0.15) is 89.5 Å². The van der Waals surface area contributed by atoms with Crippen molar-refractivity contribution in [2.45, 2.75) is 83.1 Å². The third-order valence-electron chi connectivity index (χ3n) is 12.6. The number of aromatic amines is 2. The van der Waals surface area contributed by atoms with Crippen LogP contribution in [0.2, 0.25) is 0 Å². The molecule has 0 fully saturated rings. The Morgan fingerprint density at radius 3 is 0.934 bits per heavy atom. The quantitative estimate of drug-likeness (QED) is 0.166. The summed E-state index contributed by atoms with van der Waals surface area (Å²) in [6.45, 7) is 26.3. The van der Waals surface area contributed by atoms with Crippen molar-refractivity contribution in [1.29, 1.82) is 0 Å². The molecule has 61 heavy (non-hydrogen) atoms. The van der Waals surface area contributed by atoms with Crippen molar-refractivity contribution in [3.8, 4) is 44.5 Å². The molecule has 5 heterocycles. The maximum absolute atomic E-state index is 7.26. The molecule has 0 unspecified atom stereocenters. The topological polar surface area (TPSA) is 83.4 Å². The molecule has 7 aromatic rings. The maximum Gasteiger partial charge on any atom is 0.0738 e. The highest BCUT2D eigenvalue weighted by Crippen LogP contribution is 2.44. The number of H-pyrrole nitrogens is 2. The molecule has 2 aliphatic heterocycles. The van der Waals surface area contributed by atoms with Crippen molar-refractivity contribution in [3.63, 3.8) is 0 Å². The summed E-state index contributed by atoms with van der Waals surface area (Å²) in [5.41, 5.74) is 38.5. The summed E-state index contributed by atoms with van der Waals surface area (Å²) < 4.78 is 0. The standard InChI is InChI=1S/C56H55N5/c1-28-19-32(5)48(33(6)20-28)52-41-13-14-42(58-41)53(49-34(7)21-29(2)22-35(49)8)44-17-18-46(60-44)55(51-38(11)25-31(4)26-39(51)12)56-40(57)27-47(61-56)54(45-16-15-43(52)59-45)50-36(9)23-30(3)24-37(50)10/h13-27,58,61H,57H2,1-12H3. The van der Waals surface area contributed by atoms with Gasteiger partial charge in [-0.1, -0.05) is 70.8 Å². The summed E-state index contributed by atoms with van der Waals surface area (Å²) >= 11 is 0. The van der Waals surface area contributed by atoms with Gasteiger partial charge in [0.1, 0.15) is 0 Å². The molecule has 3 aromatic heterocycles. The highest BCUT2D eigenvalue weighted by molar-refractivity contribution is 6.04. The first kappa shape index (κ1) is 39.7. The van der Waals surface area contributed by atoms with Gasteiger partial charge in [-0.25, -0.2) is 9.97 Å². The van der Waals surface area contributed by atoms with Crippen molar-refractivity contribution >= 4 is 52.1 Å². The number of aryl methyl sites for hydroxylation is 12. The van der Waals surface area contributed by atoms with Crippen LogP contribution in [-0.2, 0) is 0 Å². The van der Waals surface area contributed by atoms with Gasteiger partial charge in [-0.3, -0.25) is 0 Å². The van der Waals surface area contributed by atoms with Crippen LogP contribution < -0.4 is 5.73 Å². The minimum Gasteiger partial charge on any atom is -0.397 e. The van der Waals surface area contributed by atoms with Gasteiger partial charge in [0.15, 0.2) is 0 Å². The molecule has 5 heteroatoms. The van der Waals surface area contributed by atoms with E-state index in [1.807, 2.05) is 0 Å². The van der Waals surface area contributed by atoms with Crippen molar-refractivity contribution in [3.05, 3.63) is 156 Å². The lowest BCUT2D eigenvalue weighted by atomic mass is 9.92. The van der Waals surface area contributed by atoms with Crippen LogP contribution >= 0.6 is 0 Å². The Balaban J connectivity index is 1.56. The predicted octanol–water partition coefficient (Wildman–Crippen LogP) is 14.6. The smallest absolute Gasteiger partial charge is 0.0738 e. The average molecular weight is 798 g/mol. The van der Waals surface area contributed by atoms with Gasteiger partial charge in [0, 0.05) is 33.3 Å². The van der Waals surface area contributed by atoms with Gasteiger partial charge in [0.05, 0.1) is 39.5 Å². The van der Waals surface area contributed by atoms with Crippen LogP contribution in [0.15, 0.2) is 66.7 Å². The summed E-state index contributed by atoms with van der Waals surface area (Å²) in [5, 5.41) is 0. The largest absolute Gasteiger partial charge is 0.397 e. The van der Waals surface area contributed by atoms with Crippen LogP contribution in [0, 0.1) is 83.1 Å². The fraction of sp³-hybridized carbons (Fsp3) is 0.214. The van der Waals surface area contributed by atoms with Crippen LogP contribution in [0.5, 0.6) is 0 Å². The van der Waals surface area contributed by atoms with Gasteiger partial charge < -0.3 is 15.7 Å². The second-order valence-corrected chi connectivity index (χ2v) is 17.8. The summed E-state index contributed by atoms with van der Waals surface area (Å²) in [7, 11) is 0. The lowest BCUT2D eigenvalue weighted by Crippen LogP contribution is -1.97. The van der Waals surface area contributed by atoms with Gasteiger partial charge in [0.25, 0.3) is 0 Å². The molecule has 0 aliphatic carbocycles. The Kier molecular flexibility index (Phi) is 9.62. The Morgan fingerprint density at radius 1 is 0.328 bits per heavy atom. The van der Waals surface area contributed by atoms with Crippen molar-refractivity contribution in [2.24, 2.45) is 0 Å². The number of nitrogens with zero attached hydrogens (tertiary/aromatic N) is 2. The highest BCUT2D eigenvalue weighted by Gasteiger charge is 2.24. The molecule has 9 rings (SSSR count). The van der Waals surface area contributed by atoms with E-state index in [0.717, 1.165) is 78.2 Å². The predicted molar refractivity (Wildman–Crippen MR) is 262 cm³/mol. The molecule has 8 bridgehead atoms. The summed E-state index contributed by atoms with van der Waals surface area (Å²) in [6, 6.07) is 24.7. The number of hydrogen-bond acceptors (Lipinski definition) is 3. The van der Waals surface area contributed by atoms with E-state index in [2.05, 4.69) is 184 Å². The normalized spacial score (nSPS) is 12.2. The van der Waals surface area contributed by atoms with E-state index in [0.29, 0.717) is 5.69 Å². The minimum absolute atomic E-state index is 0.658. The first-order valence-corrected chi connectivity index (χ1v) is 21.4. The molecule has 304 valence electrons. The summed E-state index contributed by atoms with van der Waals surface area (Å²) in [6.07, 6.45) is 8.72. The highest BCUT2D eigenvalue weighted by atomic mass is 14.8. The summed E-state index contributed by atoms with van der Waals surface area (Å²) in [5.74, 6) is 0. The van der Waals surface area contributed by atoms with Gasteiger partial charge in [-0.2, -0.15) is 0 Å². The number of anilines is 1. The second kappa shape index (κ2) is 14.8. The van der Waals surface area contributed by atoms with Crippen LogP contribution in [-0.4, -0.2) is 19.9 Å². The Morgan fingerprint density at radius 2 is 0.607 bits per heavy atom. The zero-order chi connectivity index (χ0) is 43.2. The van der Waals surface area contributed by atoms with E-state index < -0.39 is 0 Å². The third-order valence-corrected chi connectivity index (χ3v) is 12.6. The number of benzene rings is 4. The number of rotatable bonds is 4. The average Bonchev–Trinajstić information content (AvgIpc) is 3.99. The molecule has 0 amide bonds. The lowest BCUT2D eigenvalue weighted by molar-refractivity contribution is 1.27. The zero-order valence-electron chi connectivity index (χ0n) is 37.6. The van der Waals surface area contributed by atoms with Crippen LogP contribution in [0.25, 0.3) is 90.9 Å². The van der Waals surface area contributed by atoms with E-state index in [9.17, 15) is 0 Å². The molecule has 0 atom stereocenters. The molecule has 4 aromatic carbocycles. The first-order valence-electron chi connectivity index (χ1n) is 21.4. The first-order chi connectivity index (χ1) is 29.1. The Hall–Kier alpha value is -6.72. The molecular weight excluding hydrogens is 743 g/mol. The van der Waals surface area contributed by atoms with E-state index in [-0.39, 0.29) is 0 Å². The number of nitrogens with one attached hydrogen (secondary N) is 2. The molecule has 5 nitrogen and oxygen atoms in total. The molecule has 0 radical (unpaired) electrons. The number of fused-ring (bicyclic) bond motifs is 8. The van der Waals surface area contributed by atoms with Gasteiger partial charge in [-0.05, 0) is 192 Å². The van der Waals surface area contributed by atoms with Crippen molar-refractivity contribution in [1.82, 2.24) is 19.9 Å². The fourth-order valence-corrected chi connectivity index (χ4v) is 10.7. The second-order valence-electron chi connectivity index (χ2n) is 17.8. The van der Waals surface area contributed by atoms with Gasteiger partial charge in [0.2, 0.25) is 0 Å². The van der Waals surface area contributed by atoms with E-state index in [1.165, 1.54) is 77.9 Å². The fourth-order valence-electron chi connectivity index (χ4n) is 10.7. The SMILES string of the molecule is Cc1cc(C)c(-c2c3nc(c(-c4c(C)cc(C)cc4C)c4cc(N)c([nH]4)c(-c4c(C)cc(C)cc4C)c4nc(c(-c5c(C)cc(C)cc5C)c5ccc2[nH]5)C=C4)C=C3)c(C)c1. The number of hydrogen-bond donors (Lipinski definition) is 3. The molecule has 0 saturated carbocycles. The molecule has 2 aliphatic rings. The van der Waals surface area contributed by atoms with Crippen LogP contribution in [0.3, 0.4) is 0 Å². The van der Waals surface area contributed by atoms with E-state index in [1.54, 1.807) is 0 Å². The maximum atomic E-state index is 7.26. The van der Waals surface area contributed by atoms with Gasteiger partial charge >= 0.3 is 0 Å². The minimum atomic E-state index is 0.658. The van der Waals surface area contributed by atoms with Crippen molar-refractivity contribution in [2.75, 3.05) is 5.73 Å². The monoisotopic (exact) mass is 797 g/mol. The molecule has 0 spiro atoms. The lowest BCUT2D eigenvalue weighted by Gasteiger charge is -2.15. The van der Waals surface area contributed by atoms with E-state index in [4.69, 9.17) is 15.7 Å². The Labute approximate surface area is 360 Å².